The largest absolute Gasteiger partial charge is 0.416 e. The Bertz CT molecular complexity index is 1260. The summed E-state index contributed by atoms with van der Waals surface area (Å²) in [5.41, 5.74) is -0.831. The van der Waals surface area contributed by atoms with Crippen molar-refractivity contribution in [3.63, 3.8) is 0 Å². The van der Waals surface area contributed by atoms with Crippen molar-refractivity contribution >= 4 is 27.4 Å². The van der Waals surface area contributed by atoms with Gasteiger partial charge in [0.2, 0.25) is 10.0 Å². The summed E-state index contributed by atoms with van der Waals surface area (Å²) >= 11 is 0. The quantitative estimate of drug-likeness (QED) is 0.589. The fourth-order valence-electron chi connectivity index (χ4n) is 3.51. The Balaban J connectivity index is 1.41. The van der Waals surface area contributed by atoms with E-state index >= 15 is 0 Å². The normalized spacial score (nSPS) is 15.2. The maximum Gasteiger partial charge on any atom is 0.416 e. The highest BCUT2D eigenvalue weighted by molar-refractivity contribution is 7.89. The number of rotatable bonds is 5. The van der Waals surface area contributed by atoms with Crippen LogP contribution in [0.1, 0.15) is 15.9 Å². The molecular formula is C22H20F3N5O3S. The van der Waals surface area contributed by atoms with Gasteiger partial charge in [0.25, 0.3) is 5.91 Å². The molecule has 0 bridgehead atoms. The van der Waals surface area contributed by atoms with Crippen LogP contribution in [0.3, 0.4) is 0 Å². The summed E-state index contributed by atoms with van der Waals surface area (Å²) < 4.78 is 66.0. The lowest BCUT2D eigenvalue weighted by Crippen LogP contribution is -2.48. The van der Waals surface area contributed by atoms with Crippen LogP contribution in [0.4, 0.5) is 24.7 Å². The number of carbonyl (C=O) groups excluding carboxylic acids is 1. The summed E-state index contributed by atoms with van der Waals surface area (Å²) in [6.45, 7) is 1.46. The molecule has 0 aliphatic carbocycles. The van der Waals surface area contributed by atoms with Crippen LogP contribution >= 0.6 is 0 Å². The Hall–Kier alpha value is -3.51. The van der Waals surface area contributed by atoms with Crippen molar-refractivity contribution in [3.8, 4) is 0 Å². The SMILES string of the molecule is O=C(Nc1ccc(S(=O)(=O)N2CCN(c3cnccn3)CC2)cc1)c1cccc(C(F)(F)F)c1. The number of anilines is 2. The highest BCUT2D eigenvalue weighted by Crippen LogP contribution is 2.30. The molecule has 0 radical (unpaired) electrons. The number of piperazine rings is 1. The van der Waals surface area contributed by atoms with E-state index in [1.54, 1.807) is 18.6 Å². The van der Waals surface area contributed by atoms with Crippen LogP contribution in [0.5, 0.6) is 0 Å². The number of benzene rings is 2. The van der Waals surface area contributed by atoms with Gasteiger partial charge in [0, 0.05) is 49.8 Å². The van der Waals surface area contributed by atoms with E-state index in [4.69, 9.17) is 0 Å². The Kier molecular flexibility index (Phi) is 6.53. The molecule has 0 unspecified atom stereocenters. The second-order valence-corrected chi connectivity index (χ2v) is 9.45. The zero-order chi connectivity index (χ0) is 24.3. The summed E-state index contributed by atoms with van der Waals surface area (Å²) in [6, 6.07) is 9.56. The van der Waals surface area contributed by atoms with Crippen molar-refractivity contribution in [2.45, 2.75) is 11.1 Å². The summed E-state index contributed by atoms with van der Waals surface area (Å²) in [5, 5.41) is 2.48. The molecule has 1 aliphatic heterocycles. The van der Waals surface area contributed by atoms with Crippen LogP contribution < -0.4 is 10.2 Å². The number of alkyl halides is 3. The first-order valence-electron chi connectivity index (χ1n) is 10.2. The fraction of sp³-hybridized carbons (Fsp3) is 0.227. The van der Waals surface area contributed by atoms with E-state index in [9.17, 15) is 26.4 Å². The number of carbonyl (C=O) groups is 1. The molecule has 178 valence electrons. The molecule has 1 aromatic heterocycles. The Labute approximate surface area is 194 Å². The number of nitrogens with zero attached hydrogens (tertiary/aromatic N) is 4. The number of halogens is 3. The molecule has 2 aromatic carbocycles. The first-order chi connectivity index (χ1) is 16.1. The lowest BCUT2D eigenvalue weighted by Gasteiger charge is -2.34. The third-order valence-corrected chi connectivity index (χ3v) is 7.23. The number of aromatic nitrogens is 2. The standard InChI is InChI=1S/C22H20F3N5O3S/c23-22(24,25)17-3-1-2-16(14-17)21(31)28-18-4-6-19(7-5-18)34(32,33)30-12-10-29(11-13-30)20-15-26-8-9-27-20/h1-9,14-15H,10-13H2,(H,28,31). The highest BCUT2D eigenvalue weighted by Gasteiger charge is 2.31. The third-order valence-electron chi connectivity index (χ3n) is 5.31. The molecule has 1 aliphatic rings. The van der Waals surface area contributed by atoms with Gasteiger partial charge in [-0.15, -0.1) is 0 Å². The first-order valence-corrected chi connectivity index (χ1v) is 11.7. The van der Waals surface area contributed by atoms with E-state index in [-0.39, 0.29) is 29.2 Å². The number of hydrogen-bond acceptors (Lipinski definition) is 6. The molecule has 0 saturated carbocycles. The average Bonchev–Trinajstić information content (AvgIpc) is 2.84. The number of amides is 1. The molecule has 1 amide bonds. The molecule has 3 aromatic rings. The van der Waals surface area contributed by atoms with Gasteiger partial charge in [-0.1, -0.05) is 6.07 Å². The van der Waals surface area contributed by atoms with E-state index in [0.29, 0.717) is 18.9 Å². The second-order valence-electron chi connectivity index (χ2n) is 7.51. The van der Waals surface area contributed by atoms with Crippen molar-refractivity contribution in [1.82, 2.24) is 14.3 Å². The van der Waals surface area contributed by atoms with Gasteiger partial charge in [0.05, 0.1) is 16.7 Å². The van der Waals surface area contributed by atoms with Gasteiger partial charge in [-0.3, -0.25) is 9.78 Å². The predicted molar refractivity (Wildman–Crippen MR) is 119 cm³/mol. The zero-order valence-electron chi connectivity index (χ0n) is 17.7. The topological polar surface area (TPSA) is 95.5 Å². The average molecular weight is 491 g/mol. The molecule has 1 saturated heterocycles. The van der Waals surface area contributed by atoms with E-state index in [0.717, 1.165) is 18.2 Å². The van der Waals surface area contributed by atoms with Gasteiger partial charge in [-0.25, -0.2) is 13.4 Å². The Morgan fingerprint density at radius 3 is 2.29 bits per heavy atom. The number of hydrogen-bond donors (Lipinski definition) is 1. The number of sulfonamides is 1. The molecular weight excluding hydrogens is 471 g/mol. The van der Waals surface area contributed by atoms with Crippen molar-refractivity contribution in [3.05, 3.63) is 78.2 Å². The lowest BCUT2D eigenvalue weighted by molar-refractivity contribution is -0.137. The van der Waals surface area contributed by atoms with E-state index in [1.807, 2.05) is 4.90 Å². The smallest absolute Gasteiger partial charge is 0.353 e. The monoisotopic (exact) mass is 491 g/mol. The van der Waals surface area contributed by atoms with Gasteiger partial charge in [-0.05, 0) is 42.5 Å². The molecule has 2 heterocycles. The summed E-state index contributed by atoms with van der Waals surface area (Å²) in [7, 11) is -3.75. The molecule has 4 rings (SSSR count). The van der Waals surface area contributed by atoms with Crippen LogP contribution in [0, 0.1) is 0 Å². The summed E-state index contributed by atoms with van der Waals surface area (Å²) in [6.07, 6.45) is 0.199. The van der Waals surface area contributed by atoms with E-state index < -0.39 is 27.7 Å². The van der Waals surface area contributed by atoms with Gasteiger partial charge in [0.15, 0.2) is 0 Å². The minimum Gasteiger partial charge on any atom is -0.353 e. The first kappa shape index (κ1) is 23.6. The van der Waals surface area contributed by atoms with Crippen LogP contribution in [-0.2, 0) is 16.2 Å². The summed E-state index contributed by atoms with van der Waals surface area (Å²) in [4.78, 5) is 22.6. The third kappa shape index (κ3) is 5.18. The van der Waals surface area contributed by atoms with Gasteiger partial charge in [-0.2, -0.15) is 17.5 Å². The van der Waals surface area contributed by atoms with Crippen molar-refractivity contribution in [1.29, 1.82) is 0 Å². The lowest BCUT2D eigenvalue weighted by atomic mass is 10.1. The highest BCUT2D eigenvalue weighted by atomic mass is 32.2. The zero-order valence-corrected chi connectivity index (χ0v) is 18.6. The molecule has 0 atom stereocenters. The van der Waals surface area contributed by atoms with Crippen molar-refractivity contribution in [2.75, 3.05) is 36.4 Å². The van der Waals surface area contributed by atoms with Crippen molar-refractivity contribution < 1.29 is 26.4 Å². The van der Waals surface area contributed by atoms with E-state index in [1.165, 1.54) is 34.6 Å². The maximum absolute atomic E-state index is 13.0. The molecule has 0 spiro atoms. The van der Waals surface area contributed by atoms with Crippen LogP contribution in [0.25, 0.3) is 0 Å². The minimum absolute atomic E-state index is 0.0533. The Morgan fingerprint density at radius 2 is 1.68 bits per heavy atom. The molecule has 1 fully saturated rings. The summed E-state index contributed by atoms with van der Waals surface area (Å²) in [5.74, 6) is -0.0535. The predicted octanol–water partition coefficient (Wildman–Crippen LogP) is 3.26. The van der Waals surface area contributed by atoms with Gasteiger partial charge in [0.1, 0.15) is 5.82 Å². The maximum atomic E-state index is 13.0. The van der Waals surface area contributed by atoms with Gasteiger partial charge < -0.3 is 10.2 Å². The molecule has 12 heteroatoms. The number of nitrogens with one attached hydrogen (secondary N) is 1. The van der Waals surface area contributed by atoms with Crippen LogP contribution in [-0.4, -0.2) is 54.8 Å². The van der Waals surface area contributed by atoms with E-state index in [2.05, 4.69) is 15.3 Å². The van der Waals surface area contributed by atoms with Crippen LogP contribution in [0.15, 0.2) is 72.0 Å². The Morgan fingerprint density at radius 1 is 0.971 bits per heavy atom. The van der Waals surface area contributed by atoms with Crippen LogP contribution in [0.2, 0.25) is 0 Å². The minimum atomic E-state index is -4.56. The molecule has 34 heavy (non-hydrogen) atoms. The molecule has 1 N–H and O–H groups in total. The second kappa shape index (κ2) is 9.39. The molecule has 8 nitrogen and oxygen atoms in total. The van der Waals surface area contributed by atoms with Gasteiger partial charge >= 0.3 is 6.18 Å². The fourth-order valence-corrected chi connectivity index (χ4v) is 4.93. The van der Waals surface area contributed by atoms with Crippen molar-refractivity contribution in [2.24, 2.45) is 0 Å².